The molecule has 1 fully saturated rings. The highest BCUT2D eigenvalue weighted by Crippen LogP contribution is 2.36. The average molecular weight is 562 g/mol. The first-order valence-corrected chi connectivity index (χ1v) is 13.5. The van der Waals surface area contributed by atoms with E-state index >= 15 is 0 Å². The van der Waals surface area contributed by atoms with E-state index in [9.17, 15) is 27.9 Å². The van der Waals surface area contributed by atoms with Crippen molar-refractivity contribution < 1.29 is 32.6 Å². The van der Waals surface area contributed by atoms with Crippen molar-refractivity contribution in [3.63, 3.8) is 0 Å². The third kappa shape index (κ3) is 6.60. The van der Waals surface area contributed by atoms with Crippen LogP contribution in [0.25, 0.3) is 33.0 Å². The van der Waals surface area contributed by atoms with E-state index in [1.54, 1.807) is 12.1 Å². The summed E-state index contributed by atoms with van der Waals surface area (Å²) in [7, 11) is 0. The van der Waals surface area contributed by atoms with Gasteiger partial charge in [-0.25, -0.2) is 4.79 Å². The van der Waals surface area contributed by atoms with Crippen molar-refractivity contribution in [1.82, 2.24) is 4.90 Å². The lowest BCUT2D eigenvalue weighted by molar-refractivity contribution is -0.141. The molecule has 0 aliphatic carbocycles. The van der Waals surface area contributed by atoms with Gasteiger partial charge in [0.1, 0.15) is 6.61 Å². The largest absolute Gasteiger partial charge is 0.478 e. The molecule has 1 N–H and O–H groups in total. The lowest BCUT2D eigenvalue weighted by atomic mass is 9.87. The van der Waals surface area contributed by atoms with E-state index in [0.717, 1.165) is 61.1 Å². The van der Waals surface area contributed by atoms with Crippen LogP contribution in [0.2, 0.25) is 0 Å². The molecule has 1 aliphatic heterocycles. The fraction of sp³-hybridized carbons (Fsp3) is 0.273. The molecule has 0 saturated carbocycles. The van der Waals surface area contributed by atoms with Crippen LogP contribution < -0.4 is 0 Å². The normalized spacial score (nSPS) is 14.7. The number of carboxylic acids is 1. The topological polar surface area (TPSA) is 66.8 Å². The number of esters is 1. The SMILES string of the molecule is CC(=O)OCCN1CCC(c2ccc(-c3cc(C(=O)O)cc4cc(-c5ccc(C(F)(F)F)cc5)ccc34)cc2)CC1. The van der Waals surface area contributed by atoms with Crippen molar-refractivity contribution in [3.8, 4) is 22.3 Å². The summed E-state index contributed by atoms with van der Waals surface area (Å²) in [6.07, 6.45) is -2.40. The number of benzene rings is 4. The highest BCUT2D eigenvalue weighted by molar-refractivity contribution is 6.04. The van der Waals surface area contributed by atoms with Gasteiger partial charge in [0.25, 0.3) is 0 Å². The molecule has 0 aromatic heterocycles. The molecule has 0 bridgehead atoms. The van der Waals surface area contributed by atoms with Gasteiger partial charge in [-0.1, -0.05) is 48.5 Å². The monoisotopic (exact) mass is 561 g/mol. The quantitative estimate of drug-likeness (QED) is 0.235. The lowest BCUT2D eigenvalue weighted by Gasteiger charge is -2.32. The van der Waals surface area contributed by atoms with Crippen LogP contribution in [0.1, 0.15) is 47.2 Å². The number of carbonyl (C=O) groups excluding carboxylic acids is 1. The molecule has 4 aromatic carbocycles. The Morgan fingerprint density at radius 3 is 2.12 bits per heavy atom. The van der Waals surface area contributed by atoms with E-state index in [-0.39, 0.29) is 11.5 Å². The third-order valence-electron chi connectivity index (χ3n) is 7.74. The number of fused-ring (bicyclic) bond motifs is 1. The lowest BCUT2D eigenvalue weighted by Crippen LogP contribution is -2.35. The number of carbonyl (C=O) groups is 2. The highest BCUT2D eigenvalue weighted by atomic mass is 19.4. The van der Waals surface area contributed by atoms with Gasteiger partial charge < -0.3 is 9.84 Å². The minimum Gasteiger partial charge on any atom is -0.478 e. The Kier molecular flexibility index (Phi) is 8.13. The number of carboxylic acid groups (broad SMARTS) is 1. The molecule has 5 rings (SSSR count). The number of halogens is 3. The smallest absolute Gasteiger partial charge is 0.416 e. The maximum atomic E-state index is 13.0. The van der Waals surface area contributed by atoms with Crippen molar-refractivity contribution in [2.75, 3.05) is 26.2 Å². The van der Waals surface area contributed by atoms with Crippen LogP contribution in [-0.4, -0.2) is 48.2 Å². The van der Waals surface area contributed by atoms with Crippen LogP contribution in [0.4, 0.5) is 13.2 Å². The standard InChI is InChI=1S/C33H30F3NO4/c1-21(38)41-17-16-37-14-12-24(13-15-37)22-2-4-25(5-3-22)31-20-28(32(39)40)19-27-18-26(8-11-30(27)31)23-6-9-29(10-7-23)33(34,35)36/h2-11,18-20,24H,12-17H2,1H3,(H,39,40). The summed E-state index contributed by atoms with van der Waals surface area (Å²) in [6, 6.07) is 22.0. The van der Waals surface area contributed by atoms with Gasteiger partial charge in [-0.15, -0.1) is 0 Å². The van der Waals surface area contributed by atoms with Crippen LogP contribution in [-0.2, 0) is 15.7 Å². The van der Waals surface area contributed by atoms with E-state index in [0.29, 0.717) is 29.0 Å². The molecule has 0 radical (unpaired) electrons. The third-order valence-corrected chi connectivity index (χ3v) is 7.74. The first kappa shape index (κ1) is 28.4. The van der Waals surface area contributed by atoms with E-state index in [1.807, 2.05) is 30.3 Å². The zero-order valence-electron chi connectivity index (χ0n) is 22.6. The Labute approximate surface area is 236 Å². The zero-order valence-corrected chi connectivity index (χ0v) is 22.6. The summed E-state index contributed by atoms with van der Waals surface area (Å²) in [6.45, 7) is 4.42. The van der Waals surface area contributed by atoms with Gasteiger partial charge in [0.2, 0.25) is 0 Å². The number of ether oxygens (including phenoxy) is 1. The molecular formula is C33H30F3NO4. The molecule has 1 heterocycles. The molecule has 4 aromatic rings. The minimum absolute atomic E-state index is 0.141. The maximum Gasteiger partial charge on any atom is 0.416 e. The van der Waals surface area contributed by atoms with E-state index in [4.69, 9.17) is 4.74 Å². The van der Waals surface area contributed by atoms with Gasteiger partial charge in [-0.3, -0.25) is 9.69 Å². The number of aromatic carboxylic acids is 1. The molecule has 0 spiro atoms. The van der Waals surface area contributed by atoms with Gasteiger partial charge in [0.15, 0.2) is 0 Å². The highest BCUT2D eigenvalue weighted by Gasteiger charge is 2.30. The van der Waals surface area contributed by atoms with Gasteiger partial charge in [-0.05, 0) is 101 Å². The van der Waals surface area contributed by atoms with Crippen molar-refractivity contribution in [2.24, 2.45) is 0 Å². The van der Waals surface area contributed by atoms with E-state index in [2.05, 4.69) is 17.0 Å². The molecule has 1 saturated heterocycles. The summed E-state index contributed by atoms with van der Waals surface area (Å²) in [5.74, 6) is -0.895. The van der Waals surface area contributed by atoms with Crippen molar-refractivity contribution >= 4 is 22.7 Å². The second kappa shape index (κ2) is 11.7. The van der Waals surface area contributed by atoms with Crippen molar-refractivity contribution in [3.05, 3.63) is 95.6 Å². The van der Waals surface area contributed by atoms with Crippen molar-refractivity contribution in [1.29, 1.82) is 0 Å². The second-order valence-electron chi connectivity index (χ2n) is 10.4. The number of rotatable bonds is 7. The summed E-state index contributed by atoms with van der Waals surface area (Å²) in [5, 5.41) is 11.3. The molecule has 0 unspecified atom stereocenters. The number of hydrogen-bond acceptors (Lipinski definition) is 4. The zero-order chi connectivity index (χ0) is 29.1. The summed E-state index contributed by atoms with van der Waals surface area (Å²) >= 11 is 0. The summed E-state index contributed by atoms with van der Waals surface area (Å²) in [5.41, 5.74) is 3.65. The maximum absolute atomic E-state index is 13.0. The van der Waals surface area contributed by atoms with Crippen LogP contribution in [0, 0.1) is 0 Å². The number of nitrogens with zero attached hydrogens (tertiary/aromatic N) is 1. The first-order valence-electron chi connectivity index (χ1n) is 13.5. The van der Waals surface area contributed by atoms with E-state index < -0.39 is 17.7 Å². The van der Waals surface area contributed by atoms with Gasteiger partial charge in [0, 0.05) is 13.5 Å². The summed E-state index contributed by atoms with van der Waals surface area (Å²) in [4.78, 5) is 25.3. The molecule has 0 amide bonds. The van der Waals surface area contributed by atoms with E-state index in [1.165, 1.54) is 24.6 Å². The van der Waals surface area contributed by atoms with Crippen LogP contribution in [0.15, 0.2) is 78.9 Å². The van der Waals surface area contributed by atoms with Gasteiger partial charge >= 0.3 is 18.1 Å². The van der Waals surface area contributed by atoms with Gasteiger partial charge in [0.05, 0.1) is 11.1 Å². The van der Waals surface area contributed by atoms with Crippen LogP contribution in [0.5, 0.6) is 0 Å². The fourth-order valence-corrected chi connectivity index (χ4v) is 5.51. The Balaban J connectivity index is 1.38. The molecule has 5 nitrogen and oxygen atoms in total. The van der Waals surface area contributed by atoms with Gasteiger partial charge in [-0.2, -0.15) is 13.2 Å². The Hall–Kier alpha value is -4.17. The predicted octanol–water partition coefficient (Wildman–Crippen LogP) is 7.63. The Morgan fingerprint density at radius 2 is 1.51 bits per heavy atom. The predicted molar refractivity (Wildman–Crippen MR) is 152 cm³/mol. The summed E-state index contributed by atoms with van der Waals surface area (Å²) < 4.78 is 44.0. The Bertz CT molecular complexity index is 1550. The molecule has 212 valence electrons. The van der Waals surface area contributed by atoms with Crippen LogP contribution in [0.3, 0.4) is 0 Å². The molecule has 1 aliphatic rings. The number of likely N-dealkylation sites (tertiary alicyclic amines) is 1. The first-order chi connectivity index (χ1) is 19.6. The second-order valence-corrected chi connectivity index (χ2v) is 10.4. The number of alkyl halides is 3. The minimum atomic E-state index is -4.41. The van der Waals surface area contributed by atoms with Crippen molar-refractivity contribution in [2.45, 2.75) is 31.9 Å². The van der Waals surface area contributed by atoms with Crippen LogP contribution >= 0.6 is 0 Å². The molecule has 0 atom stereocenters. The number of hydrogen-bond donors (Lipinski definition) is 1. The molecular weight excluding hydrogens is 531 g/mol. The Morgan fingerprint density at radius 1 is 0.878 bits per heavy atom. The fourth-order valence-electron chi connectivity index (χ4n) is 5.51. The molecule has 8 heteroatoms. The average Bonchev–Trinajstić information content (AvgIpc) is 2.96. The number of piperidine rings is 1. The molecule has 41 heavy (non-hydrogen) atoms.